The van der Waals surface area contributed by atoms with Crippen LogP contribution in [-0.4, -0.2) is 66.3 Å². The van der Waals surface area contributed by atoms with E-state index in [1.54, 1.807) is 18.2 Å². The molecule has 1 aromatic heterocycles. The highest BCUT2D eigenvalue weighted by molar-refractivity contribution is 7.19. The van der Waals surface area contributed by atoms with E-state index in [0.29, 0.717) is 20.5 Å². The number of hydrogen-bond donors (Lipinski definition) is 1. The normalized spacial score (nSPS) is 22.3. The summed E-state index contributed by atoms with van der Waals surface area (Å²) < 4.78 is 34.1. The molecule has 3 rings (SSSR count). The molecule has 210 valence electrons. The molecular weight excluding hydrogens is 538 g/mol. The van der Waals surface area contributed by atoms with E-state index in [9.17, 15) is 24.3 Å². The first kappa shape index (κ1) is 29.6. The number of carbonyl (C=O) groups excluding carboxylic acids is 4. The second-order valence-corrected chi connectivity index (χ2v) is 9.55. The Morgan fingerprint density at radius 1 is 1.00 bits per heavy atom. The average molecular weight is 566 g/mol. The van der Waals surface area contributed by atoms with Gasteiger partial charge in [0.1, 0.15) is 18.5 Å². The molecule has 0 amide bonds. The largest absolute Gasteiger partial charge is 0.463 e. The molecule has 2 heterocycles. The first-order valence-corrected chi connectivity index (χ1v) is 12.5. The molecule has 0 aliphatic carbocycles. The summed E-state index contributed by atoms with van der Waals surface area (Å²) in [5.74, 6) is -2.68. The van der Waals surface area contributed by atoms with Gasteiger partial charge in [-0.05, 0) is 23.2 Å². The topological polar surface area (TPSA) is 193 Å². The lowest BCUT2D eigenvalue weighted by atomic mass is 9.98. The van der Waals surface area contributed by atoms with Crippen molar-refractivity contribution in [2.24, 2.45) is 5.11 Å². The molecule has 1 aliphatic rings. The molecule has 1 fully saturated rings. The number of aliphatic hydroxyl groups excluding tert-OH is 1. The summed E-state index contributed by atoms with van der Waals surface area (Å²) in [7, 11) is 0. The molecular formula is C24H27N3O11S. The minimum Gasteiger partial charge on any atom is -0.463 e. The fourth-order valence-electron chi connectivity index (χ4n) is 4.02. The van der Waals surface area contributed by atoms with Gasteiger partial charge in [0.15, 0.2) is 12.2 Å². The van der Waals surface area contributed by atoms with Gasteiger partial charge < -0.3 is 33.5 Å². The fraction of sp³-hybridized carbons (Fsp3) is 0.500. The van der Waals surface area contributed by atoms with Gasteiger partial charge >= 0.3 is 23.9 Å². The summed E-state index contributed by atoms with van der Waals surface area (Å²) in [5.41, 5.74) is 9.28. The van der Waals surface area contributed by atoms with Crippen LogP contribution in [0.15, 0.2) is 23.3 Å². The van der Waals surface area contributed by atoms with Crippen molar-refractivity contribution in [3.8, 4) is 5.75 Å². The Kier molecular flexibility index (Phi) is 10.1. The van der Waals surface area contributed by atoms with Crippen LogP contribution in [0.5, 0.6) is 5.75 Å². The first-order chi connectivity index (χ1) is 18.5. The summed E-state index contributed by atoms with van der Waals surface area (Å²) >= 11 is 1.29. The van der Waals surface area contributed by atoms with E-state index >= 15 is 0 Å². The number of nitrogens with zero attached hydrogens (tertiary/aromatic N) is 3. The molecule has 14 nitrogen and oxygen atoms in total. The summed E-state index contributed by atoms with van der Waals surface area (Å²) in [6.07, 6.45) is -6.70. The van der Waals surface area contributed by atoms with Crippen LogP contribution in [0.1, 0.15) is 38.1 Å². The second kappa shape index (κ2) is 13.2. The summed E-state index contributed by atoms with van der Waals surface area (Å²) in [4.78, 5) is 50.9. The molecule has 2 aromatic rings. The Labute approximate surface area is 226 Å². The standard InChI is InChI=1S/C24H27N3O11S/c1-11(29)33-10-19-20(34-12(2)30)21(35-13(3)31)22(36-14(4)32)24(38-19)37-18-6-5-15(9-28)23-17(18)7-16(39-23)8-26-27-25/h5-7,19-22,24,28H,8-10H2,1-4H3/t19-,20+,21+,22-,24-/m1/s1. The minimum atomic E-state index is -1.42. The van der Waals surface area contributed by atoms with E-state index in [1.165, 1.54) is 18.3 Å². The molecule has 0 unspecified atom stereocenters. The van der Waals surface area contributed by atoms with Crippen LogP contribution in [0.4, 0.5) is 0 Å². The third kappa shape index (κ3) is 7.57. The van der Waals surface area contributed by atoms with Crippen LogP contribution < -0.4 is 4.74 Å². The molecule has 0 spiro atoms. The van der Waals surface area contributed by atoms with Crippen molar-refractivity contribution >= 4 is 45.3 Å². The maximum absolute atomic E-state index is 12.0. The Morgan fingerprint density at radius 2 is 1.64 bits per heavy atom. The Balaban J connectivity index is 2.08. The highest BCUT2D eigenvalue weighted by Gasteiger charge is 2.53. The van der Waals surface area contributed by atoms with Crippen LogP contribution in [0.2, 0.25) is 0 Å². The molecule has 1 aliphatic heterocycles. The van der Waals surface area contributed by atoms with Crippen molar-refractivity contribution in [3.05, 3.63) is 39.1 Å². The smallest absolute Gasteiger partial charge is 0.303 e. The number of esters is 4. The van der Waals surface area contributed by atoms with Gasteiger partial charge in [0.25, 0.3) is 0 Å². The maximum Gasteiger partial charge on any atom is 0.303 e. The maximum atomic E-state index is 12.0. The lowest BCUT2D eigenvalue weighted by molar-refractivity contribution is -0.288. The lowest BCUT2D eigenvalue weighted by Gasteiger charge is -2.44. The molecule has 1 N–H and O–H groups in total. The average Bonchev–Trinajstić information content (AvgIpc) is 3.29. The molecule has 1 saturated heterocycles. The monoisotopic (exact) mass is 565 g/mol. The lowest BCUT2D eigenvalue weighted by Crippen LogP contribution is -2.63. The number of thiophene rings is 1. The first-order valence-electron chi connectivity index (χ1n) is 11.7. The molecule has 5 atom stereocenters. The van der Waals surface area contributed by atoms with Crippen LogP contribution >= 0.6 is 11.3 Å². The SMILES string of the molecule is CC(=O)OC[C@H]1O[C@@H](Oc2ccc(CO)c3sc(CN=[N+]=[N-])cc23)[C@H](OC(C)=O)[C@@H](OC(C)=O)[C@H]1OC(C)=O. The summed E-state index contributed by atoms with van der Waals surface area (Å²) in [6, 6.07) is 4.90. The number of fused-ring (bicyclic) bond motifs is 1. The molecule has 0 radical (unpaired) electrons. The fourth-order valence-corrected chi connectivity index (χ4v) is 5.12. The molecule has 39 heavy (non-hydrogen) atoms. The van der Waals surface area contributed by atoms with Gasteiger partial charge in [-0.25, -0.2) is 0 Å². The highest BCUT2D eigenvalue weighted by Crippen LogP contribution is 2.38. The van der Waals surface area contributed by atoms with Gasteiger partial charge in [-0.2, -0.15) is 0 Å². The van der Waals surface area contributed by atoms with Crippen LogP contribution in [0, 0.1) is 0 Å². The Bertz CT molecular complexity index is 1290. The van der Waals surface area contributed by atoms with E-state index < -0.39 is 61.2 Å². The van der Waals surface area contributed by atoms with Gasteiger partial charge in [-0.15, -0.1) is 11.3 Å². The number of rotatable bonds is 10. The second-order valence-electron chi connectivity index (χ2n) is 8.41. The molecule has 15 heteroatoms. The zero-order chi connectivity index (χ0) is 28.7. The number of ether oxygens (including phenoxy) is 6. The molecule has 0 saturated carbocycles. The van der Waals surface area contributed by atoms with Gasteiger partial charge in [0.05, 0.1) is 13.2 Å². The van der Waals surface area contributed by atoms with Crippen molar-refractivity contribution in [3.63, 3.8) is 0 Å². The van der Waals surface area contributed by atoms with E-state index in [1.807, 2.05) is 0 Å². The van der Waals surface area contributed by atoms with Gasteiger partial charge in [0.2, 0.25) is 12.4 Å². The van der Waals surface area contributed by atoms with Crippen LogP contribution in [0.25, 0.3) is 20.5 Å². The highest BCUT2D eigenvalue weighted by atomic mass is 32.1. The van der Waals surface area contributed by atoms with Crippen molar-refractivity contribution < 1.29 is 52.7 Å². The number of azide groups is 1. The van der Waals surface area contributed by atoms with Gasteiger partial charge in [-0.1, -0.05) is 11.2 Å². The van der Waals surface area contributed by atoms with E-state index in [4.69, 9.17) is 34.0 Å². The van der Waals surface area contributed by atoms with Crippen molar-refractivity contribution in [2.75, 3.05) is 6.61 Å². The number of benzene rings is 1. The van der Waals surface area contributed by atoms with Gasteiger partial charge in [-0.3, -0.25) is 19.2 Å². The molecule has 1 aromatic carbocycles. The third-order valence-electron chi connectivity index (χ3n) is 5.43. The minimum absolute atomic E-state index is 0.0687. The number of carbonyl (C=O) groups is 4. The summed E-state index contributed by atoms with van der Waals surface area (Å²) in [6.45, 7) is 3.95. The van der Waals surface area contributed by atoms with Gasteiger partial charge in [0, 0.05) is 47.6 Å². The number of aliphatic hydroxyl groups is 1. The third-order valence-corrected chi connectivity index (χ3v) is 6.62. The van der Waals surface area contributed by atoms with Crippen molar-refractivity contribution in [2.45, 2.75) is 71.6 Å². The summed E-state index contributed by atoms with van der Waals surface area (Å²) in [5, 5.41) is 13.9. The van der Waals surface area contributed by atoms with E-state index in [2.05, 4.69) is 10.0 Å². The zero-order valence-corrected chi connectivity index (χ0v) is 22.3. The quantitative estimate of drug-likeness (QED) is 0.146. The van der Waals surface area contributed by atoms with E-state index in [0.717, 1.165) is 20.8 Å². The Morgan fingerprint density at radius 3 is 2.23 bits per heavy atom. The van der Waals surface area contributed by atoms with E-state index in [-0.39, 0.29) is 18.9 Å². The number of hydrogen-bond acceptors (Lipinski definition) is 13. The van der Waals surface area contributed by atoms with Crippen LogP contribution in [-0.2, 0) is 56.0 Å². The molecule has 0 bridgehead atoms. The van der Waals surface area contributed by atoms with Crippen molar-refractivity contribution in [1.82, 2.24) is 0 Å². The predicted octanol–water partition coefficient (Wildman–Crippen LogP) is 2.67. The zero-order valence-electron chi connectivity index (χ0n) is 21.5. The Hall–Kier alpha value is -3.91. The van der Waals surface area contributed by atoms with Crippen LogP contribution in [0.3, 0.4) is 0 Å². The predicted molar refractivity (Wildman–Crippen MR) is 133 cm³/mol. The van der Waals surface area contributed by atoms with Crippen molar-refractivity contribution in [1.29, 1.82) is 0 Å².